The van der Waals surface area contributed by atoms with Crippen LogP contribution in [0.4, 0.5) is 11.4 Å². The molecule has 33 heavy (non-hydrogen) atoms. The predicted molar refractivity (Wildman–Crippen MR) is 127 cm³/mol. The second-order valence-corrected chi connectivity index (χ2v) is 10.2. The first-order valence-corrected chi connectivity index (χ1v) is 12.2. The Hall–Kier alpha value is -3.70. The molecule has 0 spiro atoms. The van der Waals surface area contributed by atoms with Gasteiger partial charge in [-0.25, -0.2) is 13.4 Å². The number of ether oxygens (including phenoxy) is 1. The summed E-state index contributed by atoms with van der Waals surface area (Å²) in [6.07, 6.45) is 0. The summed E-state index contributed by atoms with van der Waals surface area (Å²) in [5.41, 5.74) is 1.94. The van der Waals surface area contributed by atoms with E-state index in [1.807, 2.05) is 19.1 Å². The minimum absolute atomic E-state index is 0.190. The van der Waals surface area contributed by atoms with Crippen molar-refractivity contribution in [2.24, 2.45) is 0 Å². The Morgan fingerprint density at radius 1 is 1.12 bits per heavy atom. The number of H-pyrrole nitrogens is 1. The number of thiophene rings is 1. The fourth-order valence-corrected chi connectivity index (χ4v) is 5.31. The molecule has 0 bridgehead atoms. The lowest BCUT2D eigenvalue weighted by molar-refractivity contribution is -0.118. The molecule has 0 saturated heterocycles. The SMILES string of the molecule is Cc1nc(-c2ccc(NC(=O)COc3ccc(N(C)S(=O)(=O)c4cccs4)cc3)cc2)n[nH]1. The van der Waals surface area contributed by atoms with Crippen molar-refractivity contribution in [1.82, 2.24) is 15.2 Å². The number of aryl methyl sites for hydroxylation is 1. The number of carbonyl (C=O) groups is 1. The van der Waals surface area contributed by atoms with Crippen LogP contribution in [-0.4, -0.2) is 43.2 Å². The molecule has 0 fully saturated rings. The van der Waals surface area contributed by atoms with Crippen molar-refractivity contribution in [1.29, 1.82) is 0 Å². The van der Waals surface area contributed by atoms with Crippen molar-refractivity contribution in [2.45, 2.75) is 11.1 Å². The third kappa shape index (κ3) is 5.21. The molecular formula is C22H21N5O4S2. The highest BCUT2D eigenvalue weighted by atomic mass is 32.2. The average molecular weight is 484 g/mol. The summed E-state index contributed by atoms with van der Waals surface area (Å²) in [4.78, 5) is 16.5. The molecule has 2 heterocycles. The van der Waals surface area contributed by atoms with Crippen LogP contribution in [0.1, 0.15) is 5.82 Å². The van der Waals surface area contributed by atoms with Crippen LogP contribution < -0.4 is 14.4 Å². The Morgan fingerprint density at radius 3 is 2.45 bits per heavy atom. The maximum atomic E-state index is 12.6. The van der Waals surface area contributed by atoms with Gasteiger partial charge in [0.25, 0.3) is 15.9 Å². The molecule has 0 aliphatic carbocycles. The zero-order valence-electron chi connectivity index (χ0n) is 17.8. The molecule has 4 aromatic rings. The van der Waals surface area contributed by atoms with Crippen LogP contribution >= 0.6 is 11.3 Å². The molecule has 2 aromatic heterocycles. The van der Waals surface area contributed by atoms with Crippen LogP contribution in [0.25, 0.3) is 11.4 Å². The van der Waals surface area contributed by atoms with Crippen molar-refractivity contribution < 1.29 is 17.9 Å². The number of hydrogen-bond donors (Lipinski definition) is 2. The number of benzene rings is 2. The van der Waals surface area contributed by atoms with E-state index in [0.29, 0.717) is 22.9 Å². The maximum absolute atomic E-state index is 12.6. The second kappa shape index (κ2) is 9.43. The maximum Gasteiger partial charge on any atom is 0.273 e. The molecule has 11 heteroatoms. The van der Waals surface area contributed by atoms with Gasteiger partial charge in [-0.05, 0) is 66.9 Å². The van der Waals surface area contributed by atoms with Gasteiger partial charge in [0.05, 0.1) is 5.69 Å². The number of carbonyl (C=O) groups excluding carboxylic acids is 1. The molecule has 4 rings (SSSR count). The summed E-state index contributed by atoms with van der Waals surface area (Å²) in [6, 6.07) is 16.9. The van der Waals surface area contributed by atoms with Gasteiger partial charge in [-0.3, -0.25) is 14.2 Å². The number of amides is 1. The highest BCUT2D eigenvalue weighted by Gasteiger charge is 2.22. The molecule has 2 aromatic carbocycles. The fraction of sp³-hybridized carbons (Fsp3) is 0.136. The molecule has 1 amide bonds. The predicted octanol–water partition coefficient (Wildman–Crippen LogP) is 3.68. The van der Waals surface area contributed by atoms with Crippen molar-refractivity contribution in [2.75, 3.05) is 23.3 Å². The zero-order chi connectivity index (χ0) is 23.4. The van der Waals surface area contributed by atoms with Gasteiger partial charge in [-0.1, -0.05) is 6.07 Å². The lowest BCUT2D eigenvalue weighted by atomic mass is 10.2. The number of rotatable bonds is 8. The van der Waals surface area contributed by atoms with Gasteiger partial charge in [0.2, 0.25) is 0 Å². The smallest absolute Gasteiger partial charge is 0.273 e. The van der Waals surface area contributed by atoms with E-state index in [2.05, 4.69) is 20.5 Å². The van der Waals surface area contributed by atoms with Crippen LogP contribution in [0, 0.1) is 6.92 Å². The molecule has 0 radical (unpaired) electrons. The van der Waals surface area contributed by atoms with Crippen molar-refractivity contribution >= 4 is 38.6 Å². The van der Waals surface area contributed by atoms with Gasteiger partial charge < -0.3 is 10.1 Å². The summed E-state index contributed by atoms with van der Waals surface area (Å²) < 4.78 is 32.2. The van der Waals surface area contributed by atoms with E-state index < -0.39 is 10.0 Å². The topological polar surface area (TPSA) is 117 Å². The number of aromatic nitrogens is 3. The fourth-order valence-electron chi connectivity index (χ4n) is 2.96. The van der Waals surface area contributed by atoms with Gasteiger partial charge in [0.1, 0.15) is 15.8 Å². The summed E-state index contributed by atoms with van der Waals surface area (Å²) >= 11 is 1.16. The monoisotopic (exact) mass is 483 g/mol. The highest BCUT2D eigenvalue weighted by Crippen LogP contribution is 2.26. The molecule has 0 aliphatic rings. The van der Waals surface area contributed by atoms with E-state index in [4.69, 9.17) is 4.74 Å². The van der Waals surface area contributed by atoms with Crippen molar-refractivity contribution in [3.8, 4) is 17.1 Å². The van der Waals surface area contributed by atoms with Gasteiger partial charge in [0, 0.05) is 18.3 Å². The highest BCUT2D eigenvalue weighted by molar-refractivity contribution is 7.94. The summed E-state index contributed by atoms with van der Waals surface area (Å²) in [5.74, 6) is 1.44. The molecule has 2 N–H and O–H groups in total. The Morgan fingerprint density at radius 2 is 1.85 bits per heavy atom. The van der Waals surface area contributed by atoms with E-state index in [1.165, 1.54) is 11.4 Å². The third-order valence-corrected chi connectivity index (χ3v) is 7.86. The Kier molecular flexibility index (Phi) is 6.43. The van der Waals surface area contributed by atoms with E-state index in [9.17, 15) is 13.2 Å². The minimum atomic E-state index is -3.60. The average Bonchev–Trinajstić information content (AvgIpc) is 3.51. The van der Waals surface area contributed by atoms with Gasteiger partial charge in [0.15, 0.2) is 12.4 Å². The van der Waals surface area contributed by atoms with Crippen molar-refractivity contribution in [3.05, 3.63) is 71.9 Å². The lowest BCUT2D eigenvalue weighted by Crippen LogP contribution is -2.25. The normalized spacial score (nSPS) is 11.2. The zero-order valence-corrected chi connectivity index (χ0v) is 19.5. The number of aromatic amines is 1. The second-order valence-electron chi connectivity index (χ2n) is 7.06. The molecular weight excluding hydrogens is 462 g/mol. The molecule has 0 saturated carbocycles. The van der Waals surface area contributed by atoms with E-state index in [0.717, 1.165) is 22.7 Å². The number of nitrogens with one attached hydrogen (secondary N) is 2. The Labute approximate surface area is 195 Å². The van der Waals surface area contributed by atoms with Gasteiger partial charge >= 0.3 is 0 Å². The quantitative estimate of drug-likeness (QED) is 0.395. The van der Waals surface area contributed by atoms with E-state index >= 15 is 0 Å². The molecule has 170 valence electrons. The molecule has 0 unspecified atom stereocenters. The minimum Gasteiger partial charge on any atom is -0.484 e. The molecule has 0 aliphatic heterocycles. The number of sulfonamides is 1. The Bertz CT molecular complexity index is 1330. The molecule has 0 atom stereocenters. The first kappa shape index (κ1) is 22.5. The van der Waals surface area contributed by atoms with Crippen molar-refractivity contribution in [3.63, 3.8) is 0 Å². The van der Waals surface area contributed by atoms with E-state index in [1.54, 1.807) is 53.9 Å². The molecule has 9 nitrogen and oxygen atoms in total. The number of nitrogens with zero attached hydrogens (tertiary/aromatic N) is 3. The summed E-state index contributed by atoms with van der Waals surface area (Å²) in [5, 5.41) is 11.4. The van der Waals surface area contributed by atoms with Crippen LogP contribution in [0.3, 0.4) is 0 Å². The Balaban J connectivity index is 1.31. The largest absolute Gasteiger partial charge is 0.484 e. The first-order valence-electron chi connectivity index (χ1n) is 9.87. The van der Waals surface area contributed by atoms with Gasteiger partial charge in [-0.15, -0.1) is 11.3 Å². The van der Waals surface area contributed by atoms with Crippen LogP contribution in [0.5, 0.6) is 5.75 Å². The van der Waals surface area contributed by atoms with Crippen LogP contribution in [0.15, 0.2) is 70.3 Å². The van der Waals surface area contributed by atoms with E-state index in [-0.39, 0.29) is 16.7 Å². The standard InChI is InChI=1S/C22H21N5O4S2/c1-15-23-22(26-25-15)16-5-7-17(8-6-16)24-20(28)14-31-19-11-9-18(10-12-19)27(2)33(29,30)21-4-3-13-32-21/h3-13H,14H2,1-2H3,(H,24,28)(H,23,25,26). The van der Waals surface area contributed by atoms with Gasteiger partial charge in [-0.2, -0.15) is 5.10 Å². The van der Waals surface area contributed by atoms with Crippen LogP contribution in [0.2, 0.25) is 0 Å². The number of anilines is 2. The van der Waals surface area contributed by atoms with Crippen LogP contribution in [-0.2, 0) is 14.8 Å². The summed E-state index contributed by atoms with van der Waals surface area (Å²) in [7, 11) is -2.11. The lowest BCUT2D eigenvalue weighted by Gasteiger charge is -2.18. The third-order valence-electron chi connectivity index (χ3n) is 4.70. The summed E-state index contributed by atoms with van der Waals surface area (Å²) in [6.45, 7) is 1.63. The number of hydrogen-bond acceptors (Lipinski definition) is 7. The first-order chi connectivity index (χ1) is 15.8.